The quantitative estimate of drug-likeness (QED) is 0.707. The van der Waals surface area contributed by atoms with Gasteiger partial charge < -0.3 is 15.2 Å². The number of nitrogens with one attached hydrogen (secondary N) is 1. The molecule has 3 rings (SSSR count). The summed E-state index contributed by atoms with van der Waals surface area (Å²) in [6, 6.07) is 5.79. The molecule has 0 amide bonds. The summed E-state index contributed by atoms with van der Waals surface area (Å²) in [5.74, 6) is 0.922. The van der Waals surface area contributed by atoms with E-state index in [1.54, 1.807) is 0 Å². The minimum Gasteiger partial charge on any atom is -0.483 e. The number of aliphatic hydroxyl groups is 1. The van der Waals surface area contributed by atoms with E-state index < -0.39 is 0 Å². The van der Waals surface area contributed by atoms with E-state index in [-0.39, 0.29) is 12.2 Å². The molecule has 1 aliphatic heterocycles. The largest absolute Gasteiger partial charge is 0.483 e. The zero-order valence-corrected chi connectivity index (χ0v) is 7.92. The summed E-state index contributed by atoms with van der Waals surface area (Å²) in [6.45, 7) is 0.981. The number of hydrogen-bond donors (Lipinski definition) is 2. The van der Waals surface area contributed by atoms with Crippen LogP contribution < -0.4 is 10.1 Å². The lowest BCUT2D eigenvalue weighted by Gasteiger charge is -2.27. The molecule has 2 N–H and O–H groups in total. The van der Waals surface area contributed by atoms with Gasteiger partial charge in [0.2, 0.25) is 0 Å². The molecule has 0 unspecified atom stereocenters. The van der Waals surface area contributed by atoms with Crippen LogP contribution in [-0.2, 0) is 6.61 Å². The van der Waals surface area contributed by atoms with Crippen molar-refractivity contribution in [3.05, 3.63) is 23.8 Å². The number of aliphatic hydroxyl groups excluding tert-OH is 1. The highest BCUT2D eigenvalue weighted by Crippen LogP contribution is 2.45. The number of ether oxygens (including phenoxy) is 1. The third-order valence-corrected chi connectivity index (χ3v) is 2.96. The van der Waals surface area contributed by atoms with E-state index >= 15 is 0 Å². The molecule has 3 nitrogen and oxygen atoms in total. The number of hydrogen-bond acceptors (Lipinski definition) is 3. The molecule has 1 saturated carbocycles. The average molecular weight is 191 g/mol. The molecule has 0 saturated heterocycles. The Kier molecular flexibility index (Phi) is 1.53. The molecule has 3 heteroatoms. The first-order chi connectivity index (χ1) is 6.81. The Labute approximate surface area is 82.7 Å². The van der Waals surface area contributed by atoms with Crippen molar-refractivity contribution in [3.63, 3.8) is 0 Å². The smallest absolute Gasteiger partial charge is 0.143 e. The zero-order chi connectivity index (χ0) is 9.60. The van der Waals surface area contributed by atoms with Crippen LogP contribution in [0.1, 0.15) is 18.4 Å². The van der Waals surface area contributed by atoms with Gasteiger partial charge in [-0.2, -0.15) is 0 Å². The van der Waals surface area contributed by atoms with Crippen LogP contribution in [0.3, 0.4) is 0 Å². The lowest BCUT2D eigenvalue weighted by Crippen LogP contribution is -2.32. The van der Waals surface area contributed by atoms with E-state index in [0.717, 1.165) is 36.4 Å². The molecule has 0 atom stereocenters. The topological polar surface area (TPSA) is 41.5 Å². The predicted molar refractivity (Wildman–Crippen MR) is 53.4 cm³/mol. The molecular formula is C11H13NO2. The van der Waals surface area contributed by atoms with Crippen LogP contribution in [0.25, 0.3) is 0 Å². The number of benzene rings is 1. The molecule has 1 aliphatic carbocycles. The minimum absolute atomic E-state index is 0.0834. The van der Waals surface area contributed by atoms with Crippen LogP contribution >= 0.6 is 0 Å². The summed E-state index contributed by atoms with van der Waals surface area (Å²) in [5, 5.41) is 12.3. The Morgan fingerprint density at radius 2 is 2.29 bits per heavy atom. The second kappa shape index (κ2) is 2.64. The fourth-order valence-electron chi connectivity index (χ4n) is 1.85. The summed E-state index contributed by atoms with van der Waals surface area (Å²) in [7, 11) is 0. The normalized spacial score (nSPS) is 20.9. The van der Waals surface area contributed by atoms with E-state index in [1.165, 1.54) is 0 Å². The van der Waals surface area contributed by atoms with Gasteiger partial charge in [-0.1, -0.05) is 6.07 Å². The van der Waals surface area contributed by atoms with Gasteiger partial charge in [-0.3, -0.25) is 0 Å². The Hall–Kier alpha value is -1.22. The van der Waals surface area contributed by atoms with E-state index in [9.17, 15) is 0 Å². The monoisotopic (exact) mass is 191 g/mol. The SMILES string of the molecule is OCc1ccc2c(c1)NCC1(CC1)O2. The van der Waals surface area contributed by atoms with Crippen molar-refractivity contribution in [1.82, 2.24) is 0 Å². The molecule has 1 heterocycles. The highest BCUT2D eigenvalue weighted by molar-refractivity contribution is 5.60. The van der Waals surface area contributed by atoms with Gasteiger partial charge in [-0.15, -0.1) is 0 Å². The van der Waals surface area contributed by atoms with Crippen molar-refractivity contribution >= 4 is 5.69 Å². The summed E-state index contributed by atoms with van der Waals surface area (Å²) in [4.78, 5) is 0. The van der Waals surface area contributed by atoms with E-state index in [0.29, 0.717) is 0 Å². The maximum absolute atomic E-state index is 8.99. The fourth-order valence-corrected chi connectivity index (χ4v) is 1.85. The van der Waals surface area contributed by atoms with Gasteiger partial charge in [0.05, 0.1) is 18.8 Å². The van der Waals surface area contributed by atoms with E-state index in [4.69, 9.17) is 9.84 Å². The van der Waals surface area contributed by atoms with Gasteiger partial charge in [0, 0.05) is 0 Å². The standard InChI is InChI=1S/C11H13NO2/c13-6-8-1-2-10-9(5-8)12-7-11(14-10)3-4-11/h1-2,5,12-13H,3-4,6-7H2. The van der Waals surface area contributed by atoms with Crippen molar-refractivity contribution in [1.29, 1.82) is 0 Å². The third-order valence-electron chi connectivity index (χ3n) is 2.96. The lowest BCUT2D eigenvalue weighted by atomic mass is 10.1. The number of fused-ring (bicyclic) bond motifs is 1. The molecule has 14 heavy (non-hydrogen) atoms. The van der Waals surface area contributed by atoms with E-state index in [2.05, 4.69) is 5.32 Å². The second-order valence-electron chi connectivity index (χ2n) is 4.13. The van der Waals surface area contributed by atoms with Crippen molar-refractivity contribution < 1.29 is 9.84 Å². The molecule has 0 aromatic heterocycles. The number of anilines is 1. The van der Waals surface area contributed by atoms with Gasteiger partial charge in [0.1, 0.15) is 11.4 Å². The summed E-state index contributed by atoms with van der Waals surface area (Å²) in [6.07, 6.45) is 2.31. The Balaban J connectivity index is 1.95. The van der Waals surface area contributed by atoms with Gasteiger partial charge >= 0.3 is 0 Å². The summed E-state index contributed by atoms with van der Waals surface area (Å²) < 4.78 is 5.89. The van der Waals surface area contributed by atoms with Gasteiger partial charge in [-0.25, -0.2) is 0 Å². The summed E-state index contributed by atoms with van der Waals surface area (Å²) >= 11 is 0. The second-order valence-corrected chi connectivity index (χ2v) is 4.13. The first-order valence-electron chi connectivity index (χ1n) is 4.98. The highest BCUT2D eigenvalue weighted by Gasteiger charge is 2.47. The maximum Gasteiger partial charge on any atom is 0.143 e. The van der Waals surface area contributed by atoms with Crippen LogP contribution in [-0.4, -0.2) is 17.3 Å². The first-order valence-corrected chi connectivity index (χ1v) is 4.98. The highest BCUT2D eigenvalue weighted by atomic mass is 16.5. The van der Waals surface area contributed by atoms with Gasteiger partial charge in [-0.05, 0) is 30.5 Å². The zero-order valence-electron chi connectivity index (χ0n) is 7.92. The molecule has 1 spiro atoms. The molecule has 1 fully saturated rings. The molecule has 0 radical (unpaired) electrons. The van der Waals surface area contributed by atoms with E-state index in [1.807, 2.05) is 18.2 Å². The maximum atomic E-state index is 8.99. The van der Waals surface area contributed by atoms with Crippen molar-refractivity contribution in [3.8, 4) is 5.75 Å². The molecule has 1 aromatic carbocycles. The minimum atomic E-state index is 0.0834. The van der Waals surface area contributed by atoms with Crippen LogP contribution in [0.5, 0.6) is 5.75 Å². The Bertz CT molecular complexity index is 372. The molecular weight excluding hydrogens is 178 g/mol. The molecule has 1 aromatic rings. The van der Waals surface area contributed by atoms with Crippen LogP contribution in [0, 0.1) is 0 Å². The predicted octanol–water partition coefficient (Wildman–Crippen LogP) is 1.52. The molecule has 74 valence electrons. The molecule has 2 aliphatic rings. The average Bonchev–Trinajstić information content (AvgIpc) is 2.97. The van der Waals surface area contributed by atoms with Crippen LogP contribution in [0.2, 0.25) is 0 Å². The van der Waals surface area contributed by atoms with Gasteiger partial charge in [0.25, 0.3) is 0 Å². The number of rotatable bonds is 1. The van der Waals surface area contributed by atoms with Crippen molar-refractivity contribution in [2.75, 3.05) is 11.9 Å². The van der Waals surface area contributed by atoms with Crippen molar-refractivity contribution in [2.45, 2.75) is 25.0 Å². The Morgan fingerprint density at radius 3 is 3.00 bits per heavy atom. The van der Waals surface area contributed by atoms with Crippen LogP contribution in [0.15, 0.2) is 18.2 Å². The van der Waals surface area contributed by atoms with Crippen molar-refractivity contribution in [2.24, 2.45) is 0 Å². The first kappa shape index (κ1) is 8.12. The van der Waals surface area contributed by atoms with Gasteiger partial charge in [0.15, 0.2) is 0 Å². The molecule has 0 bridgehead atoms. The van der Waals surface area contributed by atoms with Crippen LogP contribution in [0.4, 0.5) is 5.69 Å². The fraction of sp³-hybridized carbons (Fsp3) is 0.455. The Morgan fingerprint density at radius 1 is 1.43 bits per heavy atom. The summed E-state index contributed by atoms with van der Waals surface area (Å²) in [5.41, 5.74) is 2.02. The third kappa shape index (κ3) is 1.16. The lowest BCUT2D eigenvalue weighted by molar-refractivity contribution is 0.184.